The number of nitrogens with one attached hydrogen (secondary N) is 2. The molecule has 3 rings (SSSR count). The van der Waals surface area contributed by atoms with E-state index in [0.29, 0.717) is 66.1 Å². The van der Waals surface area contributed by atoms with Gasteiger partial charge in [-0.05, 0) is 18.9 Å². The van der Waals surface area contributed by atoms with Crippen LogP contribution in [0.1, 0.15) is 32.7 Å². The van der Waals surface area contributed by atoms with Gasteiger partial charge in [-0.25, -0.2) is 0 Å². The molecule has 1 heterocycles. The van der Waals surface area contributed by atoms with Gasteiger partial charge in [-0.15, -0.1) is 0 Å². The summed E-state index contributed by atoms with van der Waals surface area (Å²) in [6, 6.07) is -0.223. The Bertz CT molecular complexity index is 782. The van der Waals surface area contributed by atoms with Crippen LogP contribution in [0.2, 0.25) is 0 Å². The number of aromatic nitrogens is 1. The van der Waals surface area contributed by atoms with Gasteiger partial charge in [0, 0.05) is 61.4 Å². The second kappa shape index (κ2) is 7.26. The molecule has 0 aromatic carbocycles. The van der Waals surface area contributed by atoms with Crippen molar-refractivity contribution in [3.63, 3.8) is 0 Å². The van der Waals surface area contributed by atoms with Crippen molar-refractivity contribution in [2.75, 3.05) is 26.2 Å². The van der Waals surface area contributed by atoms with Crippen LogP contribution in [0.5, 0.6) is 0 Å². The van der Waals surface area contributed by atoms with Gasteiger partial charge >= 0.3 is 0 Å². The van der Waals surface area contributed by atoms with Crippen LogP contribution in [-0.2, 0) is 0 Å². The molecule has 0 radical (unpaired) electrons. The summed E-state index contributed by atoms with van der Waals surface area (Å²) in [6.07, 6.45) is 5.65. The Morgan fingerprint density at radius 1 is 1.16 bits per heavy atom. The molecule has 7 nitrogen and oxygen atoms in total. The Labute approximate surface area is 146 Å². The minimum absolute atomic E-state index is 0.112. The van der Waals surface area contributed by atoms with Crippen LogP contribution in [0.25, 0.3) is 0 Å². The smallest absolute Gasteiger partial charge is 0.197 e. The van der Waals surface area contributed by atoms with Gasteiger partial charge in [-0.1, -0.05) is 6.08 Å². The summed E-state index contributed by atoms with van der Waals surface area (Å²) in [5.74, 6) is -0.282. The second-order valence-corrected chi connectivity index (χ2v) is 6.19. The number of carbonyl (C=O) groups excluding carboxylic acids is 2. The fourth-order valence-electron chi connectivity index (χ4n) is 3.41. The average Bonchev–Trinajstić information content (AvgIpc) is 2.62. The van der Waals surface area contributed by atoms with E-state index >= 15 is 0 Å². The van der Waals surface area contributed by atoms with E-state index < -0.39 is 0 Å². The molecule has 6 N–H and O–H groups in total. The summed E-state index contributed by atoms with van der Waals surface area (Å²) in [5.41, 5.74) is 14.3. The van der Waals surface area contributed by atoms with E-state index in [2.05, 4.69) is 15.6 Å². The van der Waals surface area contributed by atoms with Crippen molar-refractivity contribution in [2.24, 2.45) is 11.5 Å². The predicted molar refractivity (Wildman–Crippen MR) is 95.3 cm³/mol. The highest BCUT2D eigenvalue weighted by atomic mass is 16.1. The van der Waals surface area contributed by atoms with Crippen LogP contribution in [0.4, 0.5) is 0 Å². The van der Waals surface area contributed by atoms with Crippen molar-refractivity contribution in [3.05, 3.63) is 52.0 Å². The maximum absolute atomic E-state index is 13.2. The standard InChI is InChI=1S/C18H23N5O2/c1-10-8-21-9-11-14(10)18(25)16-13(23-7-5-20)3-2-12(22-6-4-19)15(16)17(11)24/h2,8-9,13,22-23H,3-7,19-20H2,1H3. The molecule has 25 heavy (non-hydrogen) atoms. The lowest BCUT2D eigenvalue weighted by Gasteiger charge is -2.32. The number of carbonyl (C=O) groups is 2. The number of fused-ring (bicyclic) bond motifs is 1. The maximum atomic E-state index is 13.2. The summed E-state index contributed by atoms with van der Waals surface area (Å²) in [4.78, 5) is 30.4. The Morgan fingerprint density at radius 3 is 2.64 bits per heavy atom. The zero-order valence-electron chi connectivity index (χ0n) is 14.3. The van der Waals surface area contributed by atoms with E-state index in [0.717, 1.165) is 0 Å². The largest absolute Gasteiger partial charge is 0.383 e. The minimum Gasteiger partial charge on any atom is -0.383 e. The molecule has 132 valence electrons. The summed E-state index contributed by atoms with van der Waals surface area (Å²) in [7, 11) is 0. The van der Waals surface area contributed by atoms with E-state index in [-0.39, 0.29) is 17.6 Å². The van der Waals surface area contributed by atoms with Crippen LogP contribution >= 0.6 is 0 Å². The number of aryl methyl sites for hydroxylation is 1. The molecule has 0 spiro atoms. The number of nitrogens with zero attached hydrogens (tertiary/aromatic N) is 1. The first kappa shape index (κ1) is 17.5. The van der Waals surface area contributed by atoms with Gasteiger partial charge in [-0.3, -0.25) is 14.6 Å². The third-order valence-electron chi connectivity index (χ3n) is 4.52. The van der Waals surface area contributed by atoms with Gasteiger partial charge in [-0.2, -0.15) is 0 Å². The van der Waals surface area contributed by atoms with Crippen molar-refractivity contribution in [1.82, 2.24) is 15.6 Å². The zero-order chi connectivity index (χ0) is 18.0. The Balaban J connectivity index is 2.11. The Hall–Kier alpha value is -2.35. The monoisotopic (exact) mass is 341 g/mol. The zero-order valence-corrected chi connectivity index (χ0v) is 14.3. The first-order valence-corrected chi connectivity index (χ1v) is 8.46. The van der Waals surface area contributed by atoms with Crippen LogP contribution in [0, 0.1) is 6.92 Å². The lowest BCUT2D eigenvalue weighted by atomic mass is 9.76. The molecule has 0 saturated carbocycles. The lowest BCUT2D eigenvalue weighted by Crippen LogP contribution is -2.43. The first-order chi connectivity index (χ1) is 12.1. The minimum atomic E-state index is -0.223. The van der Waals surface area contributed by atoms with Crippen molar-refractivity contribution in [2.45, 2.75) is 19.4 Å². The number of hydrogen-bond acceptors (Lipinski definition) is 7. The number of pyridine rings is 1. The van der Waals surface area contributed by atoms with Gasteiger partial charge < -0.3 is 22.1 Å². The summed E-state index contributed by atoms with van der Waals surface area (Å²) in [6.45, 7) is 3.81. The number of ketones is 2. The molecule has 0 saturated heterocycles. The highest BCUT2D eigenvalue weighted by Crippen LogP contribution is 2.35. The molecule has 1 aromatic heterocycles. The fraction of sp³-hybridized carbons (Fsp3) is 0.389. The molecule has 1 aromatic rings. The van der Waals surface area contributed by atoms with Crippen molar-refractivity contribution < 1.29 is 9.59 Å². The van der Waals surface area contributed by atoms with Gasteiger partial charge in [0.05, 0.1) is 11.1 Å². The van der Waals surface area contributed by atoms with Crippen LogP contribution in [0.15, 0.2) is 35.3 Å². The van der Waals surface area contributed by atoms with Crippen LogP contribution in [0.3, 0.4) is 0 Å². The molecule has 0 aliphatic heterocycles. The van der Waals surface area contributed by atoms with Crippen molar-refractivity contribution >= 4 is 11.6 Å². The molecule has 7 heteroatoms. The molecule has 0 amide bonds. The second-order valence-electron chi connectivity index (χ2n) is 6.19. The third-order valence-corrected chi connectivity index (χ3v) is 4.52. The van der Waals surface area contributed by atoms with E-state index in [1.54, 1.807) is 13.1 Å². The Morgan fingerprint density at radius 2 is 1.92 bits per heavy atom. The molecular formula is C18H23N5O2. The fourth-order valence-corrected chi connectivity index (χ4v) is 3.41. The number of Topliss-reactive ketones (excluding diaryl/α,β-unsaturated/α-hetero) is 2. The molecule has 1 atom stereocenters. The number of rotatable bonds is 6. The number of hydrogen-bond donors (Lipinski definition) is 4. The predicted octanol–water partition coefficient (Wildman–Crippen LogP) is -0.182. The normalized spacial score (nSPS) is 19.5. The van der Waals surface area contributed by atoms with Gasteiger partial charge in [0.1, 0.15) is 0 Å². The number of allylic oxidation sites excluding steroid dienone is 1. The molecule has 0 fully saturated rings. The average molecular weight is 341 g/mol. The molecule has 2 aliphatic carbocycles. The third kappa shape index (κ3) is 3.02. The summed E-state index contributed by atoms with van der Waals surface area (Å²) in [5, 5.41) is 6.46. The van der Waals surface area contributed by atoms with Crippen LogP contribution in [-0.4, -0.2) is 48.8 Å². The van der Waals surface area contributed by atoms with Crippen LogP contribution < -0.4 is 22.1 Å². The molecule has 0 bridgehead atoms. The molecule has 1 unspecified atom stereocenters. The summed E-state index contributed by atoms with van der Waals surface area (Å²) < 4.78 is 0. The highest BCUT2D eigenvalue weighted by Gasteiger charge is 2.39. The Kier molecular flexibility index (Phi) is 5.08. The number of nitrogens with two attached hydrogens (primary N) is 2. The lowest BCUT2D eigenvalue weighted by molar-refractivity contribution is 0.0966. The molecular weight excluding hydrogens is 318 g/mol. The molecule has 2 aliphatic rings. The van der Waals surface area contributed by atoms with Gasteiger partial charge in [0.2, 0.25) is 0 Å². The quantitative estimate of drug-likeness (QED) is 0.566. The van der Waals surface area contributed by atoms with E-state index in [1.807, 2.05) is 6.08 Å². The van der Waals surface area contributed by atoms with E-state index in [4.69, 9.17) is 11.5 Å². The maximum Gasteiger partial charge on any atom is 0.197 e. The summed E-state index contributed by atoms with van der Waals surface area (Å²) >= 11 is 0. The first-order valence-electron chi connectivity index (χ1n) is 8.46. The van der Waals surface area contributed by atoms with E-state index in [9.17, 15) is 9.59 Å². The van der Waals surface area contributed by atoms with Crippen molar-refractivity contribution in [1.29, 1.82) is 0 Å². The van der Waals surface area contributed by atoms with Crippen molar-refractivity contribution in [3.8, 4) is 0 Å². The van der Waals surface area contributed by atoms with Gasteiger partial charge in [0.15, 0.2) is 11.6 Å². The van der Waals surface area contributed by atoms with Gasteiger partial charge in [0.25, 0.3) is 0 Å². The highest BCUT2D eigenvalue weighted by molar-refractivity contribution is 6.29. The topological polar surface area (TPSA) is 123 Å². The SMILES string of the molecule is Cc1cncc2c1C(=O)C1=C(C2=O)C(NCCN)=CCC1NCCN. The van der Waals surface area contributed by atoms with E-state index in [1.165, 1.54) is 6.20 Å².